The van der Waals surface area contributed by atoms with Gasteiger partial charge in [-0.1, -0.05) is 19.9 Å². The normalized spacial score (nSPS) is 16.1. The van der Waals surface area contributed by atoms with E-state index in [1.165, 1.54) is 32.5 Å². The lowest BCUT2D eigenvalue weighted by Crippen LogP contribution is -2.20. The minimum Gasteiger partial charge on any atom is -0.313 e. The maximum atomic E-state index is 4.64. The summed E-state index contributed by atoms with van der Waals surface area (Å²) in [6, 6.07) is 0. The van der Waals surface area contributed by atoms with Crippen LogP contribution in [0.2, 0.25) is 0 Å². The van der Waals surface area contributed by atoms with Crippen molar-refractivity contribution in [2.24, 2.45) is 0 Å². The largest absolute Gasteiger partial charge is 0.313 e. The van der Waals surface area contributed by atoms with E-state index < -0.39 is 0 Å². The molecule has 0 fully saturated rings. The molecule has 0 unspecified atom stereocenters. The van der Waals surface area contributed by atoms with Gasteiger partial charge in [-0.2, -0.15) is 0 Å². The molecule has 1 aliphatic heterocycles. The molecule has 2 nitrogen and oxygen atoms in total. The summed E-state index contributed by atoms with van der Waals surface area (Å²) in [4.78, 5) is 4.64. The first-order valence-electron chi connectivity index (χ1n) is 6.95. The van der Waals surface area contributed by atoms with E-state index >= 15 is 0 Å². The standard InChI is InChI=1S/C16H20N2S/c1-10(2)14-9-19-16-13(8-18-11(3)15(14)16)12-4-6-17-7-5-12/h4,8-10,17H,5-7H2,1-3H3. The van der Waals surface area contributed by atoms with Gasteiger partial charge in [0.15, 0.2) is 0 Å². The van der Waals surface area contributed by atoms with Crippen LogP contribution in [0.25, 0.3) is 15.7 Å². The molecule has 0 spiro atoms. The second-order valence-electron chi connectivity index (χ2n) is 5.49. The third kappa shape index (κ3) is 2.21. The topological polar surface area (TPSA) is 24.9 Å². The van der Waals surface area contributed by atoms with Crippen LogP contribution in [0.3, 0.4) is 0 Å². The van der Waals surface area contributed by atoms with Gasteiger partial charge >= 0.3 is 0 Å². The summed E-state index contributed by atoms with van der Waals surface area (Å²) in [5.41, 5.74) is 5.41. The van der Waals surface area contributed by atoms with E-state index in [1.54, 1.807) is 0 Å². The zero-order chi connectivity index (χ0) is 13.4. The number of aryl methyl sites for hydroxylation is 1. The Hall–Kier alpha value is -1.19. The van der Waals surface area contributed by atoms with Crippen molar-refractivity contribution in [3.8, 4) is 0 Å². The van der Waals surface area contributed by atoms with Crippen molar-refractivity contribution in [1.82, 2.24) is 10.3 Å². The first-order chi connectivity index (χ1) is 9.18. The van der Waals surface area contributed by atoms with Crippen LogP contribution in [0.5, 0.6) is 0 Å². The Morgan fingerprint density at radius 1 is 1.37 bits per heavy atom. The Morgan fingerprint density at radius 2 is 2.21 bits per heavy atom. The van der Waals surface area contributed by atoms with Gasteiger partial charge in [-0.05, 0) is 42.3 Å². The molecular formula is C16H20N2S. The average molecular weight is 272 g/mol. The van der Waals surface area contributed by atoms with Gasteiger partial charge in [0.1, 0.15) is 0 Å². The monoisotopic (exact) mass is 272 g/mol. The van der Waals surface area contributed by atoms with Gasteiger partial charge in [-0.25, -0.2) is 0 Å². The molecule has 3 rings (SSSR count). The first-order valence-corrected chi connectivity index (χ1v) is 7.83. The molecule has 1 aliphatic rings. The van der Waals surface area contributed by atoms with E-state index in [1.807, 2.05) is 11.3 Å². The zero-order valence-corrected chi connectivity index (χ0v) is 12.6. The van der Waals surface area contributed by atoms with Crippen molar-refractivity contribution in [1.29, 1.82) is 0 Å². The lowest BCUT2D eigenvalue weighted by atomic mass is 9.96. The Morgan fingerprint density at radius 3 is 2.89 bits per heavy atom. The SMILES string of the molecule is Cc1ncc(C2=CCNCC2)c2scc(C(C)C)c12. The number of nitrogens with zero attached hydrogens (tertiary/aromatic N) is 1. The third-order valence-corrected chi connectivity index (χ3v) is 4.88. The van der Waals surface area contributed by atoms with Crippen molar-refractivity contribution >= 4 is 27.0 Å². The van der Waals surface area contributed by atoms with Gasteiger partial charge < -0.3 is 5.32 Å². The highest BCUT2D eigenvalue weighted by atomic mass is 32.1. The molecule has 0 saturated heterocycles. The molecule has 1 N–H and O–H groups in total. The molecule has 19 heavy (non-hydrogen) atoms. The predicted octanol–water partition coefficient (Wildman–Crippen LogP) is 4.10. The number of thiophene rings is 1. The fraction of sp³-hybridized carbons (Fsp3) is 0.438. The molecule has 0 radical (unpaired) electrons. The molecule has 0 saturated carbocycles. The van der Waals surface area contributed by atoms with Crippen molar-refractivity contribution in [2.45, 2.75) is 33.1 Å². The van der Waals surface area contributed by atoms with Crippen LogP contribution < -0.4 is 5.32 Å². The Labute approximate surface area is 118 Å². The summed E-state index contributed by atoms with van der Waals surface area (Å²) in [6.45, 7) is 8.70. The van der Waals surface area contributed by atoms with Gasteiger partial charge in [0, 0.05) is 34.1 Å². The molecule has 2 aromatic rings. The van der Waals surface area contributed by atoms with Gasteiger partial charge in [0.2, 0.25) is 0 Å². The summed E-state index contributed by atoms with van der Waals surface area (Å²) in [5, 5.41) is 7.07. The van der Waals surface area contributed by atoms with E-state index in [4.69, 9.17) is 0 Å². The number of aromatic nitrogens is 1. The molecule has 3 heteroatoms. The predicted molar refractivity (Wildman–Crippen MR) is 83.9 cm³/mol. The van der Waals surface area contributed by atoms with Gasteiger partial charge in [-0.3, -0.25) is 4.98 Å². The van der Waals surface area contributed by atoms with E-state index in [0.717, 1.165) is 19.5 Å². The van der Waals surface area contributed by atoms with Crippen LogP contribution in [0.15, 0.2) is 17.7 Å². The quantitative estimate of drug-likeness (QED) is 0.890. The number of hydrogen-bond acceptors (Lipinski definition) is 3. The van der Waals surface area contributed by atoms with Gasteiger partial charge in [0.05, 0.1) is 0 Å². The Kier molecular flexibility index (Phi) is 3.42. The van der Waals surface area contributed by atoms with Crippen molar-refractivity contribution in [3.63, 3.8) is 0 Å². The Balaban J connectivity index is 2.22. The number of hydrogen-bond donors (Lipinski definition) is 1. The highest BCUT2D eigenvalue weighted by Crippen LogP contribution is 2.37. The first kappa shape index (κ1) is 12.8. The summed E-state index contributed by atoms with van der Waals surface area (Å²) >= 11 is 1.88. The van der Waals surface area contributed by atoms with Gasteiger partial charge in [-0.15, -0.1) is 11.3 Å². The van der Waals surface area contributed by atoms with Crippen LogP contribution in [0, 0.1) is 6.92 Å². The molecule has 0 atom stereocenters. The van der Waals surface area contributed by atoms with Gasteiger partial charge in [0.25, 0.3) is 0 Å². The van der Waals surface area contributed by atoms with E-state index in [0.29, 0.717) is 5.92 Å². The minimum absolute atomic E-state index is 0.562. The highest BCUT2D eigenvalue weighted by Gasteiger charge is 2.16. The van der Waals surface area contributed by atoms with E-state index in [9.17, 15) is 0 Å². The summed E-state index contributed by atoms with van der Waals surface area (Å²) < 4.78 is 1.42. The lowest BCUT2D eigenvalue weighted by Gasteiger charge is -2.15. The number of rotatable bonds is 2. The molecule has 0 aromatic carbocycles. The van der Waals surface area contributed by atoms with Crippen LogP contribution in [0.1, 0.15) is 43.0 Å². The van der Waals surface area contributed by atoms with Crippen LogP contribution in [-0.2, 0) is 0 Å². The Bertz CT molecular complexity index is 637. The van der Waals surface area contributed by atoms with Crippen molar-refractivity contribution in [3.05, 3.63) is 34.5 Å². The summed E-state index contributed by atoms with van der Waals surface area (Å²) in [6.07, 6.45) is 5.48. The fourth-order valence-electron chi connectivity index (χ4n) is 2.75. The average Bonchev–Trinajstić information content (AvgIpc) is 2.86. The zero-order valence-electron chi connectivity index (χ0n) is 11.8. The number of fused-ring (bicyclic) bond motifs is 1. The molecule has 100 valence electrons. The summed E-state index contributed by atoms with van der Waals surface area (Å²) in [7, 11) is 0. The van der Waals surface area contributed by atoms with E-state index in [2.05, 4.69) is 48.7 Å². The third-order valence-electron chi connectivity index (χ3n) is 3.85. The fourth-order valence-corrected chi connectivity index (χ4v) is 4.08. The molecule has 2 aromatic heterocycles. The molecule has 0 aliphatic carbocycles. The molecule has 0 bridgehead atoms. The smallest absolute Gasteiger partial charge is 0.0462 e. The highest BCUT2D eigenvalue weighted by molar-refractivity contribution is 7.17. The molecular weight excluding hydrogens is 252 g/mol. The van der Waals surface area contributed by atoms with Crippen LogP contribution in [0.4, 0.5) is 0 Å². The second kappa shape index (κ2) is 5.06. The number of pyridine rings is 1. The van der Waals surface area contributed by atoms with Crippen LogP contribution in [-0.4, -0.2) is 18.1 Å². The lowest BCUT2D eigenvalue weighted by molar-refractivity contribution is 0.739. The minimum atomic E-state index is 0.562. The van der Waals surface area contributed by atoms with Crippen molar-refractivity contribution < 1.29 is 0 Å². The van der Waals surface area contributed by atoms with E-state index in [-0.39, 0.29) is 0 Å². The van der Waals surface area contributed by atoms with Crippen LogP contribution >= 0.6 is 11.3 Å². The van der Waals surface area contributed by atoms with Crippen molar-refractivity contribution in [2.75, 3.05) is 13.1 Å². The summed E-state index contributed by atoms with van der Waals surface area (Å²) in [5.74, 6) is 0.562. The second-order valence-corrected chi connectivity index (χ2v) is 6.37. The molecule has 0 amide bonds. The number of nitrogens with one attached hydrogen (secondary N) is 1. The maximum Gasteiger partial charge on any atom is 0.0462 e. The molecule has 3 heterocycles. The maximum absolute atomic E-state index is 4.64.